The van der Waals surface area contributed by atoms with Gasteiger partial charge >= 0.3 is 0 Å². The zero-order chi connectivity index (χ0) is 20.9. The monoisotopic (exact) mass is 396 g/mol. The molecule has 0 spiro atoms. The predicted molar refractivity (Wildman–Crippen MR) is 112 cm³/mol. The maximum absolute atomic E-state index is 14.6. The molecule has 2 atom stereocenters. The summed E-state index contributed by atoms with van der Waals surface area (Å²) >= 11 is 0. The molecule has 0 aromatic heterocycles. The van der Waals surface area contributed by atoms with Crippen LogP contribution >= 0.6 is 0 Å². The van der Waals surface area contributed by atoms with Gasteiger partial charge in [0.15, 0.2) is 0 Å². The Hall–Kier alpha value is -2.25. The van der Waals surface area contributed by atoms with Gasteiger partial charge in [0.1, 0.15) is 11.6 Å². The summed E-state index contributed by atoms with van der Waals surface area (Å²) in [6.07, 6.45) is 3.95. The van der Waals surface area contributed by atoms with E-state index in [1.165, 1.54) is 23.8 Å². The third-order valence-electron chi connectivity index (χ3n) is 6.20. The van der Waals surface area contributed by atoms with Crippen molar-refractivity contribution in [1.82, 2.24) is 4.90 Å². The predicted octanol–water partition coefficient (Wildman–Crippen LogP) is 6.22. The maximum atomic E-state index is 14.6. The summed E-state index contributed by atoms with van der Waals surface area (Å²) < 4.78 is 29.2. The number of nitriles is 1. The summed E-state index contributed by atoms with van der Waals surface area (Å²) in [4.78, 5) is 2.40. The molecule has 0 bridgehead atoms. The number of hydrogen-bond donors (Lipinski definition) is 0. The van der Waals surface area contributed by atoms with E-state index in [1.807, 2.05) is 18.2 Å². The van der Waals surface area contributed by atoms with Gasteiger partial charge < -0.3 is 0 Å². The van der Waals surface area contributed by atoms with Crippen molar-refractivity contribution in [3.8, 4) is 6.07 Å². The molecular formula is C25H30F2N2. The molecule has 2 aromatic rings. The van der Waals surface area contributed by atoms with Crippen LogP contribution in [-0.2, 0) is 12.0 Å². The van der Waals surface area contributed by atoms with E-state index < -0.39 is 17.0 Å². The lowest BCUT2D eigenvalue weighted by Gasteiger charge is -2.33. The molecule has 2 nitrogen and oxygen atoms in total. The van der Waals surface area contributed by atoms with Gasteiger partial charge in [0.2, 0.25) is 0 Å². The van der Waals surface area contributed by atoms with E-state index in [0.29, 0.717) is 6.42 Å². The van der Waals surface area contributed by atoms with Crippen LogP contribution in [0.1, 0.15) is 57.1 Å². The molecule has 4 heteroatoms. The molecule has 3 rings (SSSR count). The zero-order valence-corrected chi connectivity index (χ0v) is 17.4. The summed E-state index contributed by atoms with van der Waals surface area (Å²) in [5.74, 6) is -1.15. The van der Waals surface area contributed by atoms with Gasteiger partial charge in [0, 0.05) is 18.2 Å². The lowest BCUT2D eigenvalue weighted by Crippen LogP contribution is -2.37. The topological polar surface area (TPSA) is 27.0 Å². The average molecular weight is 397 g/mol. The third kappa shape index (κ3) is 4.85. The minimum absolute atomic E-state index is 0.0256. The fourth-order valence-electron chi connectivity index (χ4n) is 4.42. The second-order valence-electron chi connectivity index (χ2n) is 8.30. The lowest BCUT2D eigenvalue weighted by atomic mass is 9.72. The molecule has 1 fully saturated rings. The Bertz CT molecular complexity index is 821. The Morgan fingerprint density at radius 3 is 2.31 bits per heavy atom. The summed E-state index contributed by atoms with van der Waals surface area (Å²) in [5.41, 5.74) is 0.151. The highest BCUT2D eigenvalue weighted by molar-refractivity contribution is 5.38. The van der Waals surface area contributed by atoms with Gasteiger partial charge in [-0.05, 0) is 69.2 Å². The van der Waals surface area contributed by atoms with E-state index in [-0.39, 0.29) is 17.5 Å². The van der Waals surface area contributed by atoms with Crippen molar-refractivity contribution in [2.45, 2.75) is 64.0 Å². The number of nitrogens with zero attached hydrogens (tertiary/aromatic N) is 2. The quantitative estimate of drug-likeness (QED) is 0.477. The van der Waals surface area contributed by atoms with Crippen LogP contribution in [0, 0.1) is 28.9 Å². The van der Waals surface area contributed by atoms with Crippen LogP contribution in [0.15, 0.2) is 48.5 Å². The van der Waals surface area contributed by atoms with Gasteiger partial charge in [-0.3, -0.25) is 4.90 Å². The molecule has 1 aliphatic rings. The summed E-state index contributed by atoms with van der Waals surface area (Å²) in [6.45, 7) is 6.11. The standard InChI is InChI=1S/C25H30F2N2/c1-3-16-29(17-20-8-5-4-6-9-20)19(2)14-15-25(18-28,21-12-13-21)24-22(26)10-7-11-23(24)27/h4-11,19,21H,3,12-17H2,1-2H3. The van der Waals surface area contributed by atoms with Crippen LogP contribution in [0.25, 0.3) is 0 Å². The maximum Gasteiger partial charge on any atom is 0.130 e. The van der Waals surface area contributed by atoms with Gasteiger partial charge in [0.25, 0.3) is 0 Å². The molecule has 29 heavy (non-hydrogen) atoms. The molecule has 154 valence electrons. The van der Waals surface area contributed by atoms with E-state index >= 15 is 0 Å². The van der Waals surface area contributed by atoms with Crippen molar-refractivity contribution < 1.29 is 8.78 Å². The van der Waals surface area contributed by atoms with E-state index in [0.717, 1.165) is 38.8 Å². The fourth-order valence-corrected chi connectivity index (χ4v) is 4.42. The molecule has 0 saturated heterocycles. The van der Waals surface area contributed by atoms with Crippen molar-refractivity contribution in [3.05, 3.63) is 71.3 Å². The highest BCUT2D eigenvalue weighted by Crippen LogP contribution is 2.51. The van der Waals surface area contributed by atoms with Crippen LogP contribution in [0.2, 0.25) is 0 Å². The first kappa shape index (κ1) is 21.5. The molecule has 2 aromatic carbocycles. The molecule has 0 N–H and O–H groups in total. The largest absolute Gasteiger partial charge is 0.296 e. The molecule has 2 unspecified atom stereocenters. The second-order valence-corrected chi connectivity index (χ2v) is 8.30. The molecular weight excluding hydrogens is 366 g/mol. The van der Waals surface area contributed by atoms with Gasteiger partial charge in [0.05, 0.1) is 11.5 Å². The van der Waals surface area contributed by atoms with Crippen LogP contribution in [0.4, 0.5) is 8.78 Å². The van der Waals surface area contributed by atoms with Crippen molar-refractivity contribution in [2.24, 2.45) is 5.92 Å². The highest BCUT2D eigenvalue weighted by atomic mass is 19.1. The van der Waals surface area contributed by atoms with Gasteiger partial charge in [-0.1, -0.05) is 43.3 Å². The van der Waals surface area contributed by atoms with Crippen LogP contribution in [-0.4, -0.2) is 17.5 Å². The Labute approximate surface area is 173 Å². The van der Waals surface area contributed by atoms with Crippen LogP contribution in [0.3, 0.4) is 0 Å². The van der Waals surface area contributed by atoms with E-state index in [9.17, 15) is 14.0 Å². The van der Waals surface area contributed by atoms with Crippen LogP contribution < -0.4 is 0 Å². The number of benzene rings is 2. The van der Waals surface area contributed by atoms with E-state index in [2.05, 4.69) is 36.9 Å². The van der Waals surface area contributed by atoms with E-state index in [1.54, 1.807) is 0 Å². The van der Waals surface area contributed by atoms with Crippen molar-refractivity contribution in [2.75, 3.05) is 6.54 Å². The first-order valence-corrected chi connectivity index (χ1v) is 10.7. The van der Waals surface area contributed by atoms with Crippen molar-refractivity contribution >= 4 is 0 Å². The number of halogens is 2. The molecule has 0 aliphatic heterocycles. The van der Waals surface area contributed by atoms with Crippen molar-refractivity contribution in [3.63, 3.8) is 0 Å². The molecule has 0 amide bonds. The van der Waals surface area contributed by atoms with Gasteiger partial charge in [-0.15, -0.1) is 0 Å². The first-order valence-electron chi connectivity index (χ1n) is 10.7. The lowest BCUT2D eigenvalue weighted by molar-refractivity contribution is 0.179. The molecule has 1 saturated carbocycles. The molecule has 0 radical (unpaired) electrons. The summed E-state index contributed by atoms with van der Waals surface area (Å²) in [6, 6.07) is 16.8. The first-order chi connectivity index (χ1) is 14.0. The van der Waals surface area contributed by atoms with E-state index in [4.69, 9.17) is 0 Å². The highest BCUT2D eigenvalue weighted by Gasteiger charge is 2.49. The van der Waals surface area contributed by atoms with Gasteiger partial charge in [-0.25, -0.2) is 8.78 Å². The smallest absolute Gasteiger partial charge is 0.130 e. The minimum atomic E-state index is -1.08. The summed E-state index contributed by atoms with van der Waals surface area (Å²) in [7, 11) is 0. The summed E-state index contributed by atoms with van der Waals surface area (Å²) in [5, 5.41) is 10.1. The fraction of sp³-hybridized carbons (Fsp3) is 0.480. The Morgan fingerprint density at radius 2 is 1.76 bits per heavy atom. The number of rotatable bonds is 10. The van der Waals surface area contributed by atoms with Crippen molar-refractivity contribution in [1.29, 1.82) is 5.26 Å². The second kappa shape index (κ2) is 9.50. The third-order valence-corrected chi connectivity index (χ3v) is 6.20. The Morgan fingerprint density at radius 1 is 1.10 bits per heavy atom. The van der Waals surface area contributed by atoms with Gasteiger partial charge in [-0.2, -0.15) is 5.26 Å². The normalized spacial score (nSPS) is 17.0. The molecule has 1 aliphatic carbocycles. The molecule has 0 heterocycles. The SMILES string of the molecule is CCCN(Cc1ccccc1)C(C)CCC(C#N)(c1c(F)cccc1F)C1CC1. The minimum Gasteiger partial charge on any atom is -0.296 e. The number of hydrogen-bond acceptors (Lipinski definition) is 2. The Kier molecular flexibility index (Phi) is 7.03. The average Bonchev–Trinajstić information content (AvgIpc) is 3.56. The zero-order valence-electron chi connectivity index (χ0n) is 17.4. The van der Waals surface area contributed by atoms with Crippen LogP contribution in [0.5, 0.6) is 0 Å². The Balaban J connectivity index is 1.79.